The Morgan fingerprint density at radius 3 is 2.00 bits per heavy atom. The van der Waals surface area contributed by atoms with Crippen molar-refractivity contribution in [2.24, 2.45) is 0 Å². The zero-order valence-electron chi connectivity index (χ0n) is 26.9. The number of benzene rings is 4. The molecule has 7 nitrogen and oxygen atoms in total. The highest BCUT2D eigenvalue weighted by atomic mass is 79.9. The van der Waals surface area contributed by atoms with E-state index in [2.05, 4.69) is 21.2 Å². The van der Waals surface area contributed by atoms with Crippen LogP contribution in [0.1, 0.15) is 54.4 Å². The molecule has 0 radical (unpaired) electrons. The molecule has 9 heteroatoms. The molecule has 1 fully saturated rings. The molecule has 246 valence electrons. The van der Waals surface area contributed by atoms with Crippen molar-refractivity contribution in [2.75, 3.05) is 10.8 Å². The number of anilines is 1. The molecule has 1 aliphatic rings. The highest BCUT2D eigenvalue weighted by Gasteiger charge is 2.35. The van der Waals surface area contributed by atoms with E-state index in [0.717, 1.165) is 63.1 Å². The van der Waals surface area contributed by atoms with E-state index in [1.807, 2.05) is 68.4 Å². The van der Waals surface area contributed by atoms with Gasteiger partial charge in [0.05, 0.1) is 10.6 Å². The zero-order chi connectivity index (χ0) is 33.4. The van der Waals surface area contributed by atoms with E-state index in [0.29, 0.717) is 12.1 Å². The van der Waals surface area contributed by atoms with Gasteiger partial charge in [-0.2, -0.15) is 0 Å². The second kappa shape index (κ2) is 15.8. The fourth-order valence-electron chi connectivity index (χ4n) is 5.96. The van der Waals surface area contributed by atoms with Gasteiger partial charge in [0.15, 0.2) is 0 Å². The fourth-order valence-corrected chi connectivity index (χ4v) is 7.64. The molecule has 0 heterocycles. The zero-order valence-corrected chi connectivity index (χ0v) is 29.3. The van der Waals surface area contributed by atoms with E-state index in [1.165, 1.54) is 0 Å². The number of aryl methyl sites for hydroxylation is 2. The van der Waals surface area contributed by atoms with E-state index in [1.54, 1.807) is 53.4 Å². The number of amides is 2. The average Bonchev–Trinajstić information content (AvgIpc) is 3.07. The summed E-state index contributed by atoms with van der Waals surface area (Å²) < 4.78 is 30.3. The van der Waals surface area contributed by atoms with Crippen LogP contribution in [-0.2, 0) is 32.6 Å². The molecule has 47 heavy (non-hydrogen) atoms. The van der Waals surface area contributed by atoms with Crippen molar-refractivity contribution < 1.29 is 18.0 Å². The van der Waals surface area contributed by atoms with Crippen LogP contribution in [0.25, 0.3) is 0 Å². The van der Waals surface area contributed by atoms with Gasteiger partial charge >= 0.3 is 0 Å². The van der Waals surface area contributed by atoms with E-state index >= 15 is 0 Å². The number of nitrogens with zero attached hydrogens (tertiary/aromatic N) is 2. The maximum atomic E-state index is 14.7. The first kappa shape index (κ1) is 34.4. The summed E-state index contributed by atoms with van der Waals surface area (Å²) in [5.74, 6) is -0.693. The smallest absolute Gasteiger partial charge is 0.264 e. The van der Waals surface area contributed by atoms with E-state index < -0.39 is 28.5 Å². The van der Waals surface area contributed by atoms with Gasteiger partial charge in [-0.25, -0.2) is 8.42 Å². The summed E-state index contributed by atoms with van der Waals surface area (Å²) in [6.07, 6.45) is 5.36. The third-order valence-electron chi connectivity index (χ3n) is 8.70. The number of carbonyl (C=O) groups excluding carboxylic acids is 2. The van der Waals surface area contributed by atoms with Crippen LogP contribution in [0.4, 0.5) is 5.69 Å². The molecule has 1 atom stereocenters. The normalized spacial score (nSPS) is 14.3. The monoisotopic (exact) mass is 715 g/mol. The van der Waals surface area contributed by atoms with Crippen LogP contribution in [0.2, 0.25) is 0 Å². The van der Waals surface area contributed by atoms with E-state index in [9.17, 15) is 18.0 Å². The van der Waals surface area contributed by atoms with Gasteiger partial charge in [0.1, 0.15) is 12.6 Å². The van der Waals surface area contributed by atoms with Crippen molar-refractivity contribution in [3.63, 3.8) is 0 Å². The van der Waals surface area contributed by atoms with Crippen molar-refractivity contribution in [1.29, 1.82) is 0 Å². The van der Waals surface area contributed by atoms with Gasteiger partial charge in [-0.3, -0.25) is 13.9 Å². The minimum Gasteiger partial charge on any atom is -0.352 e. The average molecular weight is 717 g/mol. The number of hydrogen-bond acceptors (Lipinski definition) is 4. The number of halogens is 1. The second-order valence-electron chi connectivity index (χ2n) is 12.4. The summed E-state index contributed by atoms with van der Waals surface area (Å²) in [4.78, 5) is 30.5. The first-order chi connectivity index (χ1) is 22.6. The van der Waals surface area contributed by atoms with Crippen molar-refractivity contribution in [3.05, 3.63) is 130 Å². The summed E-state index contributed by atoms with van der Waals surface area (Å²) in [7, 11) is -4.15. The van der Waals surface area contributed by atoms with Gasteiger partial charge in [0.2, 0.25) is 11.8 Å². The second-order valence-corrected chi connectivity index (χ2v) is 15.1. The number of rotatable bonds is 12. The van der Waals surface area contributed by atoms with Crippen molar-refractivity contribution in [1.82, 2.24) is 10.2 Å². The summed E-state index contributed by atoms with van der Waals surface area (Å²) in [6.45, 7) is 3.55. The quantitative estimate of drug-likeness (QED) is 0.166. The molecule has 0 bridgehead atoms. The predicted molar refractivity (Wildman–Crippen MR) is 191 cm³/mol. The molecule has 1 aliphatic carbocycles. The standard InChI is InChI=1S/C38H42BrN3O4S/c1-28-13-17-31(18-14-28)26-41(36(25-30-9-5-3-6-10-30)38(44)40-33-11-7-4-8-12-33)37(43)27-42(34-21-19-32(39)20-22-34)47(45,46)35-23-15-29(2)16-24-35/h3,5-6,9-10,13-24,33,36H,4,7-8,11-12,25-27H2,1-2H3,(H,40,44)/t36-/m0/s1. The topological polar surface area (TPSA) is 86.8 Å². The first-order valence-electron chi connectivity index (χ1n) is 16.1. The van der Waals surface area contributed by atoms with Crippen molar-refractivity contribution in [2.45, 2.75) is 75.9 Å². The largest absolute Gasteiger partial charge is 0.352 e. The Balaban J connectivity index is 1.55. The SMILES string of the molecule is Cc1ccc(CN(C(=O)CN(c2ccc(Br)cc2)S(=O)(=O)c2ccc(C)cc2)[C@@H](Cc2ccccc2)C(=O)NC2CCCCC2)cc1. The van der Waals surface area contributed by atoms with Crippen LogP contribution in [0.5, 0.6) is 0 Å². The molecule has 5 rings (SSSR count). The maximum absolute atomic E-state index is 14.7. The molecule has 0 aliphatic heterocycles. The lowest BCUT2D eigenvalue weighted by Crippen LogP contribution is -2.55. The van der Waals surface area contributed by atoms with Crippen LogP contribution in [0, 0.1) is 13.8 Å². The molecule has 0 aromatic heterocycles. The van der Waals surface area contributed by atoms with Gasteiger partial charge < -0.3 is 10.2 Å². The van der Waals surface area contributed by atoms with Crippen LogP contribution < -0.4 is 9.62 Å². The maximum Gasteiger partial charge on any atom is 0.264 e. The number of nitrogens with one attached hydrogen (secondary N) is 1. The molecule has 2 amide bonds. The summed E-state index contributed by atoms with van der Waals surface area (Å²) >= 11 is 3.43. The van der Waals surface area contributed by atoms with Crippen molar-refractivity contribution in [3.8, 4) is 0 Å². The van der Waals surface area contributed by atoms with E-state index in [4.69, 9.17) is 0 Å². The lowest BCUT2D eigenvalue weighted by molar-refractivity contribution is -0.140. The minimum absolute atomic E-state index is 0.0482. The molecular weight excluding hydrogens is 674 g/mol. The summed E-state index contributed by atoms with van der Waals surface area (Å²) in [6, 6.07) is 30.1. The Morgan fingerprint density at radius 1 is 0.787 bits per heavy atom. The molecule has 4 aromatic rings. The van der Waals surface area contributed by atoms with Crippen LogP contribution in [0.15, 0.2) is 112 Å². The first-order valence-corrected chi connectivity index (χ1v) is 18.4. The van der Waals surface area contributed by atoms with Crippen LogP contribution >= 0.6 is 15.9 Å². The summed E-state index contributed by atoms with van der Waals surface area (Å²) in [5, 5.41) is 3.25. The number of carbonyl (C=O) groups is 2. The fraction of sp³-hybridized carbons (Fsp3) is 0.316. The number of hydrogen-bond donors (Lipinski definition) is 1. The highest BCUT2D eigenvalue weighted by molar-refractivity contribution is 9.10. The van der Waals surface area contributed by atoms with Crippen LogP contribution in [-0.4, -0.2) is 43.8 Å². The van der Waals surface area contributed by atoms with Crippen molar-refractivity contribution >= 4 is 43.5 Å². The molecular formula is C38H42BrN3O4S. The van der Waals surface area contributed by atoms with Gasteiger partial charge in [-0.05, 0) is 74.2 Å². The van der Waals surface area contributed by atoms with Gasteiger partial charge in [0, 0.05) is 23.5 Å². The number of sulfonamides is 1. The van der Waals surface area contributed by atoms with E-state index in [-0.39, 0.29) is 23.4 Å². The highest BCUT2D eigenvalue weighted by Crippen LogP contribution is 2.27. The Hall–Kier alpha value is -3.95. The Labute approximate surface area is 287 Å². The Bertz CT molecular complexity index is 1740. The Morgan fingerprint density at radius 2 is 1.38 bits per heavy atom. The third kappa shape index (κ3) is 9.11. The molecule has 0 unspecified atom stereocenters. The molecule has 0 spiro atoms. The Kier molecular flexibility index (Phi) is 11.5. The minimum atomic E-state index is -4.15. The lowest BCUT2D eigenvalue weighted by atomic mass is 9.94. The molecule has 1 N–H and O–H groups in total. The van der Waals surface area contributed by atoms with Gasteiger partial charge in [-0.15, -0.1) is 0 Å². The van der Waals surface area contributed by atoms with Gasteiger partial charge in [-0.1, -0.05) is 113 Å². The third-order valence-corrected chi connectivity index (χ3v) is 11.0. The molecule has 0 saturated heterocycles. The van der Waals surface area contributed by atoms with Crippen LogP contribution in [0.3, 0.4) is 0 Å². The lowest BCUT2D eigenvalue weighted by Gasteiger charge is -2.35. The molecule has 4 aromatic carbocycles. The summed E-state index contributed by atoms with van der Waals surface area (Å²) in [5.41, 5.74) is 4.11. The van der Waals surface area contributed by atoms with Gasteiger partial charge in [0.25, 0.3) is 10.0 Å². The molecule has 1 saturated carbocycles. The predicted octanol–water partition coefficient (Wildman–Crippen LogP) is 7.35.